The number of carboxylic acid groups (broad SMARTS) is 1. The molecule has 0 aliphatic rings. The van der Waals surface area contributed by atoms with Crippen LogP contribution in [0.1, 0.15) is 56.9 Å². The zero-order chi connectivity index (χ0) is 22.2. The molecule has 0 aliphatic carbocycles. The van der Waals surface area contributed by atoms with Crippen LogP contribution in [-0.2, 0) is 16.0 Å². The third kappa shape index (κ3) is 5.02. The zero-order valence-electron chi connectivity index (χ0n) is 18.2. The van der Waals surface area contributed by atoms with Gasteiger partial charge in [0.05, 0.1) is 20.8 Å². The van der Waals surface area contributed by atoms with Gasteiger partial charge in [-0.25, -0.2) is 9.78 Å². The number of carboxylic acids is 1. The van der Waals surface area contributed by atoms with E-state index in [0.717, 1.165) is 38.3 Å². The van der Waals surface area contributed by atoms with Crippen LogP contribution in [0.5, 0.6) is 0 Å². The summed E-state index contributed by atoms with van der Waals surface area (Å²) in [6.45, 7) is 11.9. The first-order valence-electron chi connectivity index (χ1n) is 10.1. The predicted octanol–water partition coefficient (Wildman–Crippen LogP) is 7.06. The molecule has 1 aromatic heterocycles. The van der Waals surface area contributed by atoms with Crippen molar-refractivity contribution in [2.24, 2.45) is 5.92 Å². The lowest BCUT2D eigenvalue weighted by Gasteiger charge is -2.28. The molecule has 0 bridgehead atoms. The second-order valence-electron chi connectivity index (χ2n) is 8.99. The van der Waals surface area contributed by atoms with Crippen LogP contribution in [0.25, 0.3) is 21.3 Å². The summed E-state index contributed by atoms with van der Waals surface area (Å²) in [6.07, 6.45) is -0.204. The summed E-state index contributed by atoms with van der Waals surface area (Å²) in [6, 6.07) is 9.48. The molecule has 3 aromatic rings. The van der Waals surface area contributed by atoms with Crippen LogP contribution in [0.15, 0.2) is 30.3 Å². The van der Waals surface area contributed by atoms with Crippen molar-refractivity contribution >= 4 is 39.1 Å². The molecule has 0 spiro atoms. The van der Waals surface area contributed by atoms with Crippen molar-refractivity contribution in [3.8, 4) is 11.1 Å². The maximum absolute atomic E-state index is 12.3. The number of carbonyl (C=O) groups is 1. The number of aliphatic carboxylic acids is 1. The largest absolute Gasteiger partial charge is 0.479 e. The molecule has 0 saturated carbocycles. The molecule has 3 rings (SSSR count). The van der Waals surface area contributed by atoms with E-state index in [0.29, 0.717) is 16.5 Å². The highest BCUT2D eigenvalue weighted by Gasteiger charge is 2.32. The summed E-state index contributed by atoms with van der Waals surface area (Å²) < 4.78 is 7.01. The Bertz CT molecular complexity index is 1060. The van der Waals surface area contributed by atoms with Crippen LogP contribution in [0.3, 0.4) is 0 Å². The number of hydrogen-bond donors (Lipinski definition) is 1. The van der Waals surface area contributed by atoms with E-state index >= 15 is 0 Å². The van der Waals surface area contributed by atoms with Gasteiger partial charge in [0.15, 0.2) is 6.10 Å². The third-order valence-electron chi connectivity index (χ3n) is 4.65. The summed E-state index contributed by atoms with van der Waals surface area (Å²) >= 11 is 7.75. The second kappa shape index (κ2) is 8.66. The first-order valence-corrected chi connectivity index (χ1v) is 11.2. The van der Waals surface area contributed by atoms with E-state index in [9.17, 15) is 9.90 Å². The average molecular weight is 446 g/mol. The fourth-order valence-corrected chi connectivity index (χ4v) is 4.98. The number of thiazole rings is 1. The Morgan fingerprint density at radius 1 is 1.23 bits per heavy atom. The normalized spacial score (nSPS) is 13.2. The molecular weight excluding hydrogens is 418 g/mol. The highest BCUT2D eigenvalue weighted by atomic mass is 35.5. The predicted molar refractivity (Wildman–Crippen MR) is 125 cm³/mol. The van der Waals surface area contributed by atoms with Crippen LogP contribution in [0, 0.1) is 12.8 Å². The number of nitrogens with zero attached hydrogens (tertiary/aromatic N) is 1. The fourth-order valence-electron chi connectivity index (χ4n) is 3.52. The molecule has 2 aromatic carbocycles. The molecule has 0 fully saturated rings. The number of aryl methyl sites for hydroxylation is 1. The Morgan fingerprint density at radius 2 is 1.87 bits per heavy atom. The van der Waals surface area contributed by atoms with Crippen molar-refractivity contribution in [2.45, 2.75) is 59.7 Å². The Balaban J connectivity index is 2.34. The maximum Gasteiger partial charge on any atom is 0.337 e. The Hall–Kier alpha value is -1.95. The Kier molecular flexibility index (Phi) is 6.56. The first-order chi connectivity index (χ1) is 14.0. The summed E-state index contributed by atoms with van der Waals surface area (Å²) in [4.78, 5) is 17.1. The molecule has 1 heterocycles. The highest BCUT2D eigenvalue weighted by Crippen LogP contribution is 2.43. The molecule has 4 nitrogen and oxygen atoms in total. The van der Waals surface area contributed by atoms with E-state index in [-0.39, 0.29) is 0 Å². The zero-order valence-corrected chi connectivity index (χ0v) is 19.8. The second-order valence-corrected chi connectivity index (χ2v) is 10.5. The van der Waals surface area contributed by atoms with Gasteiger partial charge in [-0.15, -0.1) is 11.3 Å². The molecule has 1 atom stereocenters. The standard InChI is InChI=1S/C24H28ClNO3S/c1-13(2)11-18-26-17-12-14(3)19(21(23(27)28)29-24(4,5)6)20(22(17)30-18)15-7-9-16(25)10-8-15/h7-10,12-13,21H,11H2,1-6H3,(H,27,28). The Morgan fingerprint density at radius 3 is 2.40 bits per heavy atom. The molecule has 0 saturated heterocycles. The molecule has 0 aliphatic heterocycles. The number of aromatic nitrogens is 1. The van der Waals surface area contributed by atoms with Gasteiger partial charge in [0.25, 0.3) is 0 Å². The number of rotatable bonds is 6. The van der Waals surface area contributed by atoms with Crippen LogP contribution in [-0.4, -0.2) is 21.7 Å². The lowest BCUT2D eigenvalue weighted by molar-refractivity contribution is -0.160. The summed E-state index contributed by atoms with van der Waals surface area (Å²) in [5.41, 5.74) is 3.58. The quantitative estimate of drug-likeness (QED) is 0.441. The number of halogens is 1. The van der Waals surface area contributed by atoms with Crippen molar-refractivity contribution in [1.29, 1.82) is 0 Å². The molecule has 30 heavy (non-hydrogen) atoms. The average Bonchev–Trinajstić information content (AvgIpc) is 2.99. The molecule has 0 radical (unpaired) electrons. The van der Waals surface area contributed by atoms with Crippen molar-refractivity contribution in [2.75, 3.05) is 0 Å². The van der Waals surface area contributed by atoms with Crippen LogP contribution < -0.4 is 0 Å². The molecule has 6 heteroatoms. The molecule has 1 unspecified atom stereocenters. The van der Waals surface area contributed by atoms with E-state index in [1.54, 1.807) is 11.3 Å². The SMILES string of the molecule is Cc1cc2nc(CC(C)C)sc2c(-c2ccc(Cl)cc2)c1C(OC(C)(C)C)C(=O)O. The smallest absolute Gasteiger partial charge is 0.337 e. The molecule has 160 valence electrons. The minimum atomic E-state index is -1.09. The van der Waals surface area contributed by atoms with Crippen LogP contribution >= 0.6 is 22.9 Å². The molecule has 0 amide bonds. The maximum atomic E-state index is 12.3. The lowest BCUT2D eigenvalue weighted by atomic mass is 9.91. The fraction of sp³-hybridized carbons (Fsp3) is 0.417. The van der Waals surface area contributed by atoms with Gasteiger partial charge in [-0.05, 0) is 62.9 Å². The topological polar surface area (TPSA) is 59.4 Å². The first kappa shape index (κ1) is 22.7. The lowest BCUT2D eigenvalue weighted by Crippen LogP contribution is -2.28. The van der Waals surface area contributed by atoms with Gasteiger partial charge in [0, 0.05) is 22.6 Å². The minimum Gasteiger partial charge on any atom is -0.479 e. The minimum absolute atomic E-state index is 0.487. The number of ether oxygens (including phenoxy) is 1. The van der Waals surface area contributed by atoms with Gasteiger partial charge in [0.1, 0.15) is 0 Å². The number of hydrogen-bond acceptors (Lipinski definition) is 4. The van der Waals surface area contributed by atoms with Gasteiger partial charge in [-0.3, -0.25) is 0 Å². The molecular formula is C24H28ClNO3S. The van der Waals surface area contributed by atoms with E-state index in [4.69, 9.17) is 21.3 Å². The Labute approximate surface area is 186 Å². The van der Waals surface area contributed by atoms with Crippen molar-refractivity contribution in [3.05, 3.63) is 51.5 Å². The summed E-state index contributed by atoms with van der Waals surface area (Å²) in [5.74, 6) is -0.518. The van der Waals surface area contributed by atoms with Crippen molar-refractivity contribution < 1.29 is 14.6 Å². The van der Waals surface area contributed by atoms with E-state index in [1.165, 1.54) is 0 Å². The third-order valence-corrected chi connectivity index (χ3v) is 6.01. The summed E-state index contributed by atoms with van der Waals surface area (Å²) in [5, 5.41) is 11.8. The van der Waals surface area contributed by atoms with Gasteiger partial charge >= 0.3 is 5.97 Å². The van der Waals surface area contributed by atoms with Gasteiger partial charge in [-0.1, -0.05) is 37.6 Å². The van der Waals surface area contributed by atoms with Gasteiger partial charge < -0.3 is 9.84 Å². The monoisotopic (exact) mass is 445 g/mol. The van der Waals surface area contributed by atoms with Gasteiger partial charge in [0.2, 0.25) is 0 Å². The van der Waals surface area contributed by atoms with Crippen LogP contribution in [0.2, 0.25) is 5.02 Å². The highest BCUT2D eigenvalue weighted by molar-refractivity contribution is 7.19. The van der Waals surface area contributed by atoms with Crippen LogP contribution in [0.4, 0.5) is 0 Å². The van der Waals surface area contributed by atoms with E-state index in [1.807, 2.05) is 58.0 Å². The molecule has 1 N–H and O–H groups in total. The van der Waals surface area contributed by atoms with Crippen molar-refractivity contribution in [3.63, 3.8) is 0 Å². The van der Waals surface area contributed by atoms with Gasteiger partial charge in [-0.2, -0.15) is 0 Å². The van der Waals surface area contributed by atoms with E-state index < -0.39 is 17.7 Å². The summed E-state index contributed by atoms with van der Waals surface area (Å²) in [7, 11) is 0. The van der Waals surface area contributed by atoms with Crippen molar-refractivity contribution in [1.82, 2.24) is 4.98 Å². The number of fused-ring (bicyclic) bond motifs is 1. The number of benzene rings is 2. The van der Waals surface area contributed by atoms with E-state index in [2.05, 4.69) is 13.8 Å².